The molecule has 2 nitrogen and oxygen atoms in total. The molecular weight excluding hydrogens is 388 g/mol. The summed E-state index contributed by atoms with van der Waals surface area (Å²) in [5.74, 6) is 0. The average molecular weight is 445 g/mol. The molecule has 0 aliphatic rings. The van der Waals surface area contributed by atoms with Crippen molar-refractivity contribution >= 4 is 0 Å². The third-order valence-corrected chi connectivity index (χ3v) is 7.14. The van der Waals surface area contributed by atoms with E-state index in [1.807, 2.05) is 0 Å². The average Bonchev–Trinajstić information content (AvgIpc) is 2.82. The van der Waals surface area contributed by atoms with Crippen LogP contribution in [0.3, 0.4) is 0 Å². The lowest BCUT2D eigenvalue weighted by Gasteiger charge is -2.25. The van der Waals surface area contributed by atoms with Crippen molar-refractivity contribution < 1.29 is 0 Å². The van der Waals surface area contributed by atoms with Gasteiger partial charge in [0.25, 0.3) is 0 Å². The predicted molar refractivity (Wildman–Crippen MR) is 144 cm³/mol. The normalized spacial score (nSPS) is 13.4. The molecule has 186 valence electrons. The van der Waals surface area contributed by atoms with Crippen LogP contribution in [0.5, 0.6) is 0 Å². The fraction of sp³-hybridized carbons (Fsp3) is 0.800. The van der Waals surface area contributed by atoms with Crippen molar-refractivity contribution in [1.29, 1.82) is 0 Å². The van der Waals surface area contributed by atoms with Crippen molar-refractivity contribution in [1.82, 2.24) is 10.6 Å². The molecule has 1 rings (SSSR count). The van der Waals surface area contributed by atoms with E-state index in [0.717, 1.165) is 0 Å². The highest BCUT2D eigenvalue weighted by Crippen LogP contribution is 2.30. The molecule has 0 radical (unpaired) electrons. The minimum atomic E-state index is 0.473. The van der Waals surface area contributed by atoms with Gasteiger partial charge in [-0.1, -0.05) is 141 Å². The van der Waals surface area contributed by atoms with Crippen LogP contribution < -0.4 is 10.6 Å². The third-order valence-electron chi connectivity index (χ3n) is 7.14. The maximum absolute atomic E-state index is 3.63. The second kappa shape index (κ2) is 20.7. The maximum Gasteiger partial charge on any atom is 0.0320 e. The van der Waals surface area contributed by atoms with Gasteiger partial charge in [0.05, 0.1) is 0 Å². The minimum Gasteiger partial charge on any atom is -0.313 e. The Morgan fingerprint density at radius 2 is 0.812 bits per heavy atom. The fourth-order valence-corrected chi connectivity index (χ4v) is 5.02. The fourth-order valence-electron chi connectivity index (χ4n) is 5.02. The molecule has 0 fully saturated rings. The topological polar surface area (TPSA) is 24.1 Å². The van der Waals surface area contributed by atoms with Crippen LogP contribution in [0.25, 0.3) is 0 Å². The predicted octanol–water partition coefficient (Wildman–Crippen LogP) is 9.27. The molecule has 32 heavy (non-hydrogen) atoms. The smallest absolute Gasteiger partial charge is 0.0320 e. The van der Waals surface area contributed by atoms with Gasteiger partial charge >= 0.3 is 0 Å². The van der Waals surface area contributed by atoms with Crippen molar-refractivity contribution in [3.05, 3.63) is 35.4 Å². The minimum absolute atomic E-state index is 0.473. The van der Waals surface area contributed by atoms with Gasteiger partial charge in [-0.3, -0.25) is 0 Å². The molecule has 2 atom stereocenters. The van der Waals surface area contributed by atoms with Gasteiger partial charge < -0.3 is 10.6 Å². The van der Waals surface area contributed by atoms with Crippen molar-refractivity contribution in [3.8, 4) is 0 Å². The summed E-state index contributed by atoms with van der Waals surface area (Å²) in [6, 6.07) is 10.1. The first-order valence-electron chi connectivity index (χ1n) is 14.2. The van der Waals surface area contributed by atoms with Gasteiger partial charge in [-0.25, -0.2) is 0 Å². The summed E-state index contributed by atoms with van der Waals surface area (Å²) in [4.78, 5) is 0. The van der Waals surface area contributed by atoms with E-state index in [1.54, 1.807) is 0 Å². The van der Waals surface area contributed by atoms with Gasteiger partial charge in [0, 0.05) is 12.1 Å². The van der Waals surface area contributed by atoms with Crippen LogP contribution in [0.15, 0.2) is 24.3 Å². The second-order valence-electron chi connectivity index (χ2n) is 9.84. The molecule has 0 spiro atoms. The van der Waals surface area contributed by atoms with Crippen LogP contribution >= 0.6 is 0 Å². The molecule has 2 N–H and O–H groups in total. The lowest BCUT2D eigenvalue weighted by Crippen LogP contribution is -2.23. The van der Waals surface area contributed by atoms with Crippen molar-refractivity contribution in [2.45, 2.75) is 142 Å². The zero-order chi connectivity index (χ0) is 23.3. The lowest BCUT2D eigenvalue weighted by atomic mass is 9.90. The highest BCUT2D eigenvalue weighted by Gasteiger charge is 2.18. The van der Waals surface area contributed by atoms with E-state index in [4.69, 9.17) is 0 Å². The molecule has 2 heteroatoms. The van der Waals surface area contributed by atoms with Crippen LogP contribution in [-0.4, -0.2) is 14.1 Å². The number of nitrogens with one attached hydrogen (secondary N) is 2. The SMILES string of the molecule is CCCCCCCCCCC(NC)c1ccccc1C(CCCCCCCCCC)NC. The van der Waals surface area contributed by atoms with Crippen LogP contribution in [0.4, 0.5) is 0 Å². The van der Waals surface area contributed by atoms with Gasteiger partial charge in [-0.15, -0.1) is 0 Å². The third kappa shape index (κ3) is 13.0. The molecule has 0 amide bonds. The largest absolute Gasteiger partial charge is 0.313 e. The zero-order valence-electron chi connectivity index (χ0n) is 22.2. The van der Waals surface area contributed by atoms with Crippen molar-refractivity contribution in [2.75, 3.05) is 14.1 Å². The van der Waals surface area contributed by atoms with Crippen molar-refractivity contribution in [3.63, 3.8) is 0 Å². The molecule has 2 unspecified atom stereocenters. The van der Waals surface area contributed by atoms with E-state index in [2.05, 4.69) is 62.8 Å². The summed E-state index contributed by atoms with van der Waals surface area (Å²) >= 11 is 0. The van der Waals surface area contributed by atoms with Crippen LogP contribution in [0.2, 0.25) is 0 Å². The number of benzene rings is 1. The molecule has 0 aliphatic heterocycles. The Balaban J connectivity index is 2.44. The summed E-state index contributed by atoms with van der Waals surface area (Å²) in [6.07, 6.45) is 24.7. The highest BCUT2D eigenvalue weighted by atomic mass is 14.9. The molecule has 0 saturated carbocycles. The first-order chi connectivity index (χ1) is 15.8. The van der Waals surface area contributed by atoms with E-state index < -0.39 is 0 Å². The Morgan fingerprint density at radius 1 is 0.500 bits per heavy atom. The van der Waals surface area contributed by atoms with Gasteiger partial charge in [-0.2, -0.15) is 0 Å². The Kier molecular flexibility index (Phi) is 18.9. The Labute approximate surface area is 201 Å². The van der Waals surface area contributed by atoms with E-state index in [9.17, 15) is 0 Å². The highest BCUT2D eigenvalue weighted by molar-refractivity contribution is 5.32. The zero-order valence-corrected chi connectivity index (χ0v) is 22.2. The van der Waals surface area contributed by atoms with Crippen LogP contribution in [-0.2, 0) is 0 Å². The van der Waals surface area contributed by atoms with E-state index >= 15 is 0 Å². The summed E-state index contributed by atoms with van der Waals surface area (Å²) < 4.78 is 0. The van der Waals surface area contributed by atoms with Gasteiger partial charge in [0.1, 0.15) is 0 Å². The summed E-state index contributed by atoms with van der Waals surface area (Å²) in [5, 5.41) is 7.26. The molecule has 0 aliphatic carbocycles. The summed E-state index contributed by atoms with van der Waals surface area (Å²) in [5.41, 5.74) is 3.02. The first kappa shape index (κ1) is 29.2. The maximum atomic E-state index is 3.63. The van der Waals surface area contributed by atoms with Gasteiger partial charge in [0.2, 0.25) is 0 Å². The number of hydrogen-bond acceptors (Lipinski definition) is 2. The van der Waals surface area contributed by atoms with Gasteiger partial charge in [0.15, 0.2) is 0 Å². The Bertz CT molecular complexity index is 480. The second-order valence-corrected chi connectivity index (χ2v) is 9.84. The van der Waals surface area contributed by atoms with Crippen molar-refractivity contribution in [2.24, 2.45) is 0 Å². The quantitative estimate of drug-likeness (QED) is 0.174. The monoisotopic (exact) mass is 444 g/mol. The first-order valence-corrected chi connectivity index (χ1v) is 14.2. The number of unbranched alkanes of at least 4 members (excludes halogenated alkanes) is 14. The molecule has 0 aromatic heterocycles. The number of hydrogen-bond donors (Lipinski definition) is 2. The van der Waals surface area contributed by atoms with Gasteiger partial charge in [-0.05, 0) is 38.1 Å². The Hall–Kier alpha value is -0.860. The standard InChI is InChI=1S/C30H56N2/c1-5-7-9-11-13-15-17-19-25-29(31-3)27-23-21-22-24-28(27)30(32-4)26-20-18-16-14-12-10-8-6-2/h21-24,29-32H,5-20,25-26H2,1-4H3. The molecule has 1 aromatic rings. The van der Waals surface area contributed by atoms with Crippen LogP contribution in [0.1, 0.15) is 153 Å². The molecule has 1 aromatic carbocycles. The lowest BCUT2D eigenvalue weighted by molar-refractivity contribution is 0.467. The van der Waals surface area contributed by atoms with E-state index in [-0.39, 0.29) is 0 Å². The molecule has 0 heterocycles. The van der Waals surface area contributed by atoms with E-state index in [0.29, 0.717) is 12.1 Å². The molecular formula is C30H56N2. The Morgan fingerprint density at radius 3 is 1.12 bits per heavy atom. The molecule has 0 saturated heterocycles. The summed E-state index contributed by atoms with van der Waals surface area (Å²) in [7, 11) is 4.28. The van der Waals surface area contributed by atoms with Crippen LogP contribution in [0, 0.1) is 0 Å². The van der Waals surface area contributed by atoms with E-state index in [1.165, 1.54) is 127 Å². The molecule has 0 bridgehead atoms. The summed E-state index contributed by atoms with van der Waals surface area (Å²) in [6.45, 7) is 4.59. The number of rotatable bonds is 22.